The summed E-state index contributed by atoms with van der Waals surface area (Å²) in [6.07, 6.45) is 5.42. The third-order valence-electron chi connectivity index (χ3n) is 6.37. The van der Waals surface area contributed by atoms with Crippen LogP contribution in [0.4, 0.5) is 0 Å². The largest absolute Gasteiger partial charge is 0.469 e. The normalized spacial score (nSPS) is 30.1. The maximum Gasteiger partial charge on any atom is 0.323 e. The van der Waals surface area contributed by atoms with E-state index in [1.165, 1.54) is 26.9 Å². The Hall–Kier alpha value is -1.85. The molecule has 0 aromatic carbocycles. The molecular formula is C19H26O6. The summed E-state index contributed by atoms with van der Waals surface area (Å²) in [5.74, 6) is -0.965. The van der Waals surface area contributed by atoms with Crippen LogP contribution in [0.15, 0.2) is 11.1 Å². The lowest BCUT2D eigenvalue weighted by molar-refractivity contribution is -0.168. The van der Waals surface area contributed by atoms with Crippen molar-refractivity contribution in [3.05, 3.63) is 11.1 Å². The minimum absolute atomic E-state index is 0.180. The van der Waals surface area contributed by atoms with Crippen LogP contribution in [0.1, 0.15) is 44.9 Å². The van der Waals surface area contributed by atoms with Crippen LogP contribution in [0.5, 0.6) is 0 Å². The first-order valence-corrected chi connectivity index (χ1v) is 8.94. The summed E-state index contributed by atoms with van der Waals surface area (Å²) >= 11 is 0. The van der Waals surface area contributed by atoms with Gasteiger partial charge in [-0.2, -0.15) is 0 Å². The van der Waals surface area contributed by atoms with E-state index in [-0.39, 0.29) is 23.7 Å². The van der Waals surface area contributed by atoms with Gasteiger partial charge < -0.3 is 14.2 Å². The Labute approximate surface area is 147 Å². The standard InChI is InChI=1S/C19H26O6/c1-23-16(20)14-8-11-9-19(17(21)24-2,18(22)25-3)10-15(11)13-7-5-4-6-12(13)14/h12-14H,4-10H2,1-3H3/t12-,13-,14-/m0/s1. The Morgan fingerprint density at radius 1 is 0.920 bits per heavy atom. The van der Waals surface area contributed by atoms with E-state index in [4.69, 9.17) is 14.2 Å². The number of rotatable bonds is 3. The lowest BCUT2D eigenvalue weighted by atomic mass is 9.63. The smallest absolute Gasteiger partial charge is 0.323 e. The molecule has 0 spiro atoms. The molecule has 3 rings (SSSR count). The molecule has 0 unspecified atom stereocenters. The summed E-state index contributed by atoms with van der Waals surface area (Å²) in [7, 11) is 4.02. The minimum atomic E-state index is -1.29. The molecular weight excluding hydrogens is 324 g/mol. The number of allylic oxidation sites excluding steroid dienone is 2. The fraction of sp³-hybridized carbons (Fsp3) is 0.737. The van der Waals surface area contributed by atoms with Crippen molar-refractivity contribution in [3.8, 4) is 0 Å². The van der Waals surface area contributed by atoms with Crippen LogP contribution in [-0.2, 0) is 28.6 Å². The lowest BCUT2D eigenvalue weighted by Gasteiger charge is -2.41. The zero-order valence-corrected chi connectivity index (χ0v) is 15.1. The van der Waals surface area contributed by atoms with Crippen molar-refractivity contribution in [2.75, 3.05) is 21.3 Å². The highest BCUT2D eigenvalue weighted by Crippen LogP contribution is 2.57. The third-order valence-corrected chi connectivity index (χ3v) is 6.37. The third kappa shape index (κ3) is 2.75. The molecule has 0 saturated heterocycles. The van der Waals surface area contributed by atoms with Gasteiger partial charge in [-0.1, -0.05) is 24.0 Å². The Morgan fingerprint density at radius 3 is 2.16 bits per heavy atom. The van der Waals surface area contributed by atoms with Gasteiger partial charge in [0.15, 0.2) is 5.41 Å². The molecule has 3 atom stereocenters. The van der Waals surface area contributed by atoms with Gasteiger partial charge in [0, 0.05) is 0 Å². The Morgan fingerprint density at radius 2 is 1.56 bits per heavy atom. The molecule has 138 valence electrons. The monoisotopic (exact) mass is 350 g/mol. The van der Waals surface area contributed by atoms with Gasteiger partial charge in [-0.15, -0.1) is 0 Å². The SMILES string of the molecule is COC(=O)[C@H]1CC2=C(CC(C(=O)OC)(C(=O)OC)C2)[C@H]2CCCC[C@H]12. The Balaban J connectivity index is 1.96. The van der Waals surface area contributed by atoms with Crippen LogP contribution in [0, 0.1) is 23.2 Å². The number of esters is 3. The van der Waals surface area contributed by atoms with Crippen molar-refractivity contribution in [1.82, 2.24) is 0 Å². The van der Waals surface area contributed by atoms with E-state index in [1.807, 2.05) is 0 Å². The number of ether oxygens (including phenoxy) is 3. The van der Waals surface area contributed by atoms with Crippen LogP contribution in [0.2, 0.25) is 0 Å². The molecule has 3 aliphatic carbocycles. The van der Waals surface area contributed by atoms with Crippen molar-refractivity contribution >= 4 is 17.9 Å². The minimum Gasteiger partial charge on any atom is -0.469 e. The summed E-state index contributed by atoms with van der Waals surface area (Å²) in [5.41, 5.74) is 0.941. The number of hydrogen-bond acceptors (Lipinski definition) is 6. The molecule has 0 heterocycles. The molecule has 0 amide bonds. The topological polar surface area (TPSA) is 78.9 Å². The molecule has 0 N–H and O–H groups in total. The number of carbonyl (C=O) groups excluding carboxylic acids is 3. The van der Waals surface area contributed by atoms with Gasteiger partial charge in [0.1, 0.15) is 0 Å². The highest BCUT2D eigenvalue weighted by Gasteiger charge is 2.57. The second-order valence-corrected chi connectivity index (χ2v) is 7.44. The first-order valence-electron chi connectivity index (χ1n) is 8.94. The molecule has 0 radical (unpaired) electrons. The molecule has 0 aromatic rings. The lowest BCUT2D eigenvalue weighted by Crippen LogP contribution is -2.40. The van der Waals surface area contributed by atoms with E-state index in [9.17, 15) is 14.4 Å². The molecule has 25 heavy (non-hydrogen) atoms. The van der Waals surface area contributed by atoms with E-state index in [0.29, 0.717) is 19.3 Å². The average Bonchev–Trinajstić information content (AvgIpc) is 3.06. The Bertz CT molecular complexity index is 603. The second kappa shape index (κ2) is 6.81. The molecule has 3 aliphatic rings. The molecule has 0 aliphatic heterocycles. The maximum absolute atomic E-state index is 12.5. The predicted octanol–water partition coefficient (Wildman–Crippen LogP) is 2.41. The van der Waals surface area contributed by atoms with Gasteiger partial charge in [0.2, 0.25) is 0 Å². The number of fused-ring (bicyclic) bond motifs is 2. The molecule has 0 bridgehead atoms. The fourth-order valence-electron chi connectivity index (χ4n) is 5.25. The van der Waals surface area contributed by atoms with Gasteiger partial charge in [0.25, 0.3) is 0 Å². The van der Waals surface area contributed by atoms with Crippen LogP contribution in [-0.4, -0.2) is 39.2 Å². The molecule has 6 heteroatoms. The van der Waals surface area contributed by atoms with Gasteiger partial charge in [-0.3, -0.25) is 14.4 Å². The summed E-state index contributed by atoms with van der Waals surface area (Å²) < 4.78 is 14.9. The van der Waals surface area contributed by atoms with E-state index < -0.39 is 17.4 Å². The van der Waals surface area contributed by atoms with Crippen LogP contribution in [0.3, 0.4) is 0 Å². The van der Waals surface area contributed by atoms with Crippen molar-refractivity contribution in [1.29, 1.82) is 0 Å². The first-order chi connectivity index (χ1) is 12.0. The van der Waals surface area contributed by atoms with Crippen molar-refractivity contribution in [2.45, 2.75) is 44.9 Å². The Kier molecular flexibility index (Phi) is 4.89. The fourth-order valence-corrected chi connectivity index (χ4v) is 5.25. The van der Waals surface area contributed by atoms with Gasteiger partial charge in [0.05, 0.1) is 27.2 Å². The quantitative estimate of drug-likeness (QED) is 0.337. The van der Waals surface area contributed by atoms with E-state index >= 15 is 0 Å². The molecule has 1 fully saturated rings. The first kappa shape index (κ1) is 18.0. The zero-order chi connectivity index (χ0) is 18.2. The van der Waals surface area contributed by atoms with Crippen LogP contribution in [0.25, 0.3) is 0 Å². The second-order valence-electron chi connectivity index (χ2n) is 7.44. The van der Waals surface area contributed by atoms with E-state index in [0.717, 1.165) is 31.3 Å². The van der Waals surface area contributed by atoms with Crippen molar-refractivity contribution < 1.29 is 28.6 Å². The van der Waals surface area contributed by atoms with Gasteiger partial charge in [-0.25, -0.2) is 0 Å². The number of methoxy groups -OCH3 is 3. The highest BCUT2D eigenvalue weighted by atomic mass is 16.5. The highest BCUT2D eigenvalue weighted by molar-refractivity contribution is 6.01. The van der Waals surface area contributed by atoms with Gasteiger partial charge in [-0.05, 0) is 43.9 Å². The predicted molar refractivity (Wildman–Crippen MR) is 88.3 cm³/mol. The summed E-state index contributed by atoms with van der Waals surface area (Å²) in [4.78, 5) is 37.3. The summed E-state index contributed by atoms with van der Waals surface area (Å²) in [5, 5.41) is 0. The number of hydrogen-bond donors (Lipinski definition) is 0. The van der Waals surface area contributed by atoms with Gasteiger partial charge >= 0.3 is 17.9 Å². The maximum atomic E-state index is 12.5. The zero-order valence-electron chi connectivity index (χ0n) is 15.1. The molecule has 1 saturated carbocycles. The number of carbonyl (C=O) groups is 3. The van der Waals surface area contributed by atoms with Crippen molar-refractivity contribution in [2.24, 2.45) is 23.2 Å². The van der Waals surface area contributed by atoms with Crippen molar-refractivity contribution in [3.63, 3.8) is 0 Å². The van der Waals surface area contributed by atoms with Crippen LogP contribution < -0.4 is 0 Å². The summed E-state index contributed by atoms with van der Waals surface area (Å²) in [6, 6.07) is 0. The van der Waals surface area contributed by atoms with E-state index in [1.54, 1.807) is 0 Å². The molecule has 0 aromatic heterocycles. The van der Waals surface area contributed by atoms with E-state index in [2.05, 4.69) is 0 Å². The summed E-state index contributed by atoms with van der Waals surface area (Å²) in [6.45, 7) is 0. The average molecular weight is 350 g/mol. The van der Waals surface area contributed by atoms with Crippen LogP contribution >= 0.6 is 0 Å². The molecule has 6 nitrogen and oxygen atoms in total.